The smallest absolute Gasteiger partial charge is 0.504 e. The van der Waals surface area contributed by atoms with Crippen LogP contribution in [-0.2, 0) is 4.74 Å². The van der Waals surface area contributed by atoms with Crippen molar-refractivity contribution < 1.29 is 43.1 Å². The van der Waals surface area contributed by atoms with E-state index < -0.39 is 12.9 Å². The van der Waals surface area contributed by atoms with Crippen LogP contribution in [0, 0.1) is 6.92 Å². The van der Waals surface area contributed by atoms with Crippen molar-refractivity contribution in [2.24, 2.45) is 0 Å². The van der Waals surface area contributed by atoms with Crippen molar-refractivity contribution in [1.82, 2.24) is 4.48 Å². The van der Waals surface area contributed by atoms with Crippen LogP contribution in [0.4, 0.5) is 8.63 Å². The lowest BCUT2D eigenvalue weighted by Crippen LogP contribution is -2.51. The topological polar surface area (TPSA) is 115 Å². The summed E-state index contributed by atoms with van der Waals surface area (Å²) in [6, 6.07) is 16.7. The summed E-state index contributed by atoms with van der Waals surface area (Å²) in [5, 5.41) is 39.2. The second kappa shape index (κ2) is 11.3. The van der Waals surface area contributed by atoms with Crippen molar-refractivity contribution >= 4 is 42.5 Å². The number of phenolic OH excluding ortho intramolecular Hbond substituents is 4. The number of aryl methyl sites for hydroxylation is 1. The summed E-state index contributed by atoms with van der Waals surface area (Å²) in [4.78, 5) is 12.1. The fourth-order valence-corrected chi connectivity index (χ4v) is 5.96. The van der Waals surface area contributed by atoms with E-state index in [1.54, 1.807) is 74.5 Å². The number of nitrogens with zero attached hydrogens (tertiary/aromatic N) is 2. The number of aromatic nitrogens is 1. The van der Waals surface area contributed by atoms with Gasteiger partial charge in [-0.05, 0) is 90.7 Å². The second-order valence-corrected chi connectivity index (χ2v) is 11.1. The van der Waals surface area contributed by atoms with Crippen LogP contribution in [-0.4, -0.2) is 55.2 Å². The fourth-order valence-electron chi connectivity index (χ4n) is 5.96. The first-order valence-electron chi connectivity index (χ1n) is 14.3. The number of hydrogen-bond donors (Lipinski definition) is 4. The summed E-state index contributed by atoms with van der Waals surface area (Å²) in [6.45, 7) is -0.956. The number of benzene rings is 3. The number of aromatic hydroxyl groups is 4. The highest BCUT2D eigenvalue weighted by Crippen LogP contribution is 2.45. The molecular weight excluding hydrogens is 593 g/mol. The minimum absolute atomic E-state index is 0.212. The van der Waals surface area contributed by atoms with Gasteiger partial charge in [0.05, 0.1) is 18.2 Å². The Balaban J connectivity index is 1.58. The van der Waals surface area contributed by atoms with E-state index in [1.165, 1.54) is 43.5 Å². The normalized spacial score (nSPS) is 15.5. The predicted molar refractivity (Wildman–Crippen MR) is 173 cm³/mol. The number of phenols is 4. The third-order valence-corrected chi connectivity index (χ3v) is 8.10. The Kier molecular flexibility index (Phi) is 7.40. The molecule has 3 heterocycles. The molecule has 0 bridgehead atoms. The maximum Gasteiger partial charge on any atom is 0.737 e. The van der Waals surface area contributed by atoms with E-state index in [4.69, 9.17) is 4.74 Å². The van der Waals surface area contributed by atoms with Gasteiger partial charge < -0.3 is 42.8 Å². The molecule has 232 valence electrons. The molecule has 11 heteroatoms. The van der Waals surface area contributed by atoms with Gasteiger partial charge >= 0.3 is 12.9 Å². The first-order chi connectivity index (χ1) is 21.9. The zero-order valence-corrected chi connectivity index (χ0v) is 25.1. The van der Waals surface area contributed by atoms with Crippen LogP contribution in [0.25, 0.3) is 23.8 Å². The monoisotopic (exact) mass is 622 g/mol. The van der Waals surface area contributed by atoms with Crippen LogP contribution in [0.2, 0.25) is 0 Å². The third-order valence-electron chi connectivity index (χ3n) is 8.10. The standard InChI is InChI=1S/C35H29BF2N2O6/c1-20-16-26(12-4-22-6-14-28(41)30(43)18-22)39-33(20)32(24-8-10-25(11-9-24)35(45)46-3)34-21(2)17-27(40(34)36(39,37)38)13-5-23-7-15-29(42)31(44)19-23/h4-19,41-44H,1-3H3/b12-4+,13-5+. The lowest BCUT2D eigenvalue weighted by atomic mass is 9.83. The van der Waals surface area contributed by atoms with Gasteiger partial charge in [0.1, 0.15) is 0 Å². The van der Waals surface area contributed by atoms with Crippen molar-refractivity contribution in [2.75, 3.05) is 7.11 Å². The van der Waals surface area contributed by atoms with E-state index in [9.17, 15) is 25.2 Å². The number of hydrogen-bond acceptors (Lipinski definition) is 6. The zero-order valence-electron chi connectivity index (χ0n) is 25.1. The molecule has 0 unspecified atom stereocenters. The fraction of sp³-hybridized carbons (Fsp3) is 0.0857. The molecule has 0 atom stereocenters. The highest BCUT2D eigenvalue weighted by Gasteiger charge is 2.55. The molecule has 8 nitrogen and oxygen atoms in total. The molecule has 0 radical (unpaired) electrons. The average molecular weight is 622 g/mol. The first-order valence-corrected chi connectivity index (χ1v) is 14.3. The first kappa shape index (κ1) is 30.2. The van der Waals surface area contributed by atoms with Crippen molar-refractivity contribution in [3.05, 3.63) is 129 Å². The minimum Gasteiger partial charge on any atom is -0.504 e. The Bertz CT molecular complexity index is 2090. The average Bonchev–Trinajstić information content (AvgIpc) is 3.55. The van der Waals surface area contributed by atoms with Crippen LogP contribution < -0.4 is 0 Å². The number of esters is 1. The van der Waals surface area contributed by atoms with E-state index in [1.807, 2.05) is 0 Å². The number of methoxy groups -OCH3 is 1. The molecule has 46 heavy (non-hydrogen) atoms. The summed E-state index contributed by atoms with van der Waals surface area (Å²) in [5.41, 5.74) is 4.73. The summed E-state index contributed by atoms with van der Waals surface area (Å²) in [7, 11) is 1.28. The van der Waals surface area contributed by atoms with Gasteiger partial charge in [-0.15, -0.1) is 0 Å². The van der Waals surface area contributed by atoms with Crippen LogP contribution in [0.1, 0.15) is 50.9 Å². The molecule has 2 aliphatic rings. The van der Waals surface area contributed by atoms with E-state index in [2.05, 4.69) is 0 Å². The maximum atomic E-state index is 17.0. The Morgan fingerprint density at radius 3 is 1.96 bits per heavy atom. The van der Waals surface area contributed by atoms with Gasteiger partial charge in [0.25, 0.3) is 0 Å². The van der Waals surface area contributed by atoms with Crippen LogP contribution in [0.3, 0.4) is 0 Å². The number of rotatable bonds is 6. The van der Waals surface area contributed by atoms with E-state index >= 15 is 8.63 Å². The quantitative estimate of drug-likeness (QED) is 0.108. The van der Waals surface area contributed by atoms with Gasteiger partial charge in [0, 0.05) is 29.1 Å². The third kappa shape index (κ3) is 5.05. The van der Waals surface area contributed by atoms with Crippen molar-refractivity contribution in [3.63, 3.8) is 0 Å². The van der Waals surface area contributed by atoms with Gasteiger partial charge in [-0.2, -0.15) is 0 Å². The SMILES string of the molecule is COC(=O)c1ccc(C2=C3C(C)=CC(/C=C/c4ccc(O)c(O)c4)=[N+]3[B-](F)(F)n3c(/C=C/c4ccc(O)c(O)c4)cc(C)c32)cc1. The number of halogens is 2. The summed E-state index contributed by atoms with van der Waals surface area (Å²) in [5.74, 6) is -1.77. The molecule has 0 fully saturated rings. The molecule has 0 aliphatic carbocycles. The molecule has 6 rings (SSSR count). The molecule has 4 aromatic rings. The number of carbonyl (C=O) groups excluding carboxylic acids is 1. The zero-order chi connectivity index (χ0) is 32.9. The van der Waals surface area contributed by atoms with Crippen LogP contribution >= 0.6 is 0 Å². The van der Waals surface area contributed by atoms with Gasteiger partial charge in [-0.25, -0.2) is 4.79 Å². The number of carbonyl (C=O) groups is 1. The highest BCUT2D eigenvalue weighted by atomic mass is 19.2. The summed E-state index contributed by atoms with van der Waals surface area (Å²) in [6.07, 6.45) is 7.89. The van der Waals surface area contributed by atoms with Gasteiger partial charge in [0.15, 0.2) is 34.4 Å². The lowest BCUT2D eigenvalue weighted by Gasteiger charge is -2.34. The maximum absolute atomic E-state index is 17.0. The van der Waals surface area contributed by atoms with Crippen LogP contribution in [0.5, 0.6) is 23.0 Å². The summed E-state index contributed by atoms with van der Waals surface area (Å²) < 4.78 is 40.9. The Morgan fingerprint density at radius 2 is 1.39 bits per heavy atom. The van der Waals surface area contributed by atoms with Gasteiger partial charge in [0.2, 0.25) is 0 Å². The molecule has 0 saturated carbocycles. The minimum atomic E-state index is -4.48. The second-order valence-electron chi connectivity index (χ2n) is 11.1. The largest absolute Gasteiger partial charge is 0.737 e. The molecular formula is C35H29BF2N2O6. The predicted octanol–water partition coefficient (Wildman–Crippen LogP) is 6.70. The Morgan fingerprint density at radius 1 is 0.804 bits per heavy atom. The van der Waals surface area contributed by atoms with Crippen molar-refractivity contribution in [2.45, 2.75) is 13.8 Å². The molecule has 0 amide bonds. The number of ether oxygens (including phenoxy) is 1. The van der Waals surface area contributed by atoms with Crippen molar-refractivity contribution in [1.29, 1.82) is 0 Å². The Hall–Kier alpha value is -5.84. The molecule has 0 saturated heterocycles. The van der Waals surface area contributed by atoms with Crippen molar-refractivity contribution in [3.8, 4) is 23.0 Å². The van der Waals surface area contributed by atoms with Gasteiger partial charge in [-0.1, -0.05) is 30.3 Å². The van der Waals surface area contributed by atoms with E-state index in [0.717, 1.165) is 8.96 Å². The van der Waals surface area contributed by atoms with Crippen LogP contribution in [0.15, 0.2) is 90.2 Å². The Labute approximate surface area is 263 Å². The number of fused-ring (bicyclic) bond motifs is 2. The molecule has 3 aromatic carbocycles. The summed E-state index contributed by atoms with van der Waals surface area (Å²) >= 11 is 0. The molecule has 2 aliphatic heterocycles. The highest BCUT2D eigenvalue weighted by molar-refractivity contribution is 6.58. The number of allylic oxidation sites excluding steroid dienone is 3. The molecule has 0 spiro atoms. The van der Waals surface area contributed by atoms with Gasteiger partial charge in [-0.3, -0.25) is 0 Å². The van der Waals surface area contributed by atoms with E-state index in [0.29, 0.717) is 50.4 Å². The molecule has 4 N–H and O–H groups in total. The molecule has 1 aromatic heterocycles. The lowest BCUT2D eigenvalue weighted by molar-refractivity contribution is -0.362. The van der Waals surface area contributed by atoms with E-state index in [-0.39, 0.29) is 34.4 Å².